The Kier molecular flexibility index (Phi) is 5.07. The van der Waals surface area contributed by atoms with Crippen molar-refractivity contribution in [3.8, 4) is 22.8 Å². The zero-order valence-electron chi connectivity index (χ0n) is 15.3. The fraction of sp³-hybridized carbons (Fsp3) is 0.190. The lowest BCUT2D eigenvalue weighted by molar-refractivity contribution is 0.573. The van der Waals surface area contributed by atoms with E-state index in [0.717, 1.165) is 34.3 Å². The number of aromatic nitrogens is 4. The van der Waals surface area contributed by atoms with Gasteiger partial charge in [-0.25, -0.2) is 4.98 Å². The van der Waals surface area contributed by atoms with Gasteiger partial charge in [0, 0.05) is 23.4 Å². The maximum Gasteiger partial charge on any atom is 0.226 e. The molecule has 4 rings (SSSR count). The Morgan fingerprint density at radius 3 is 2.56 bits per heavy atom. The molecule has 5 nitrogen and oxygen atoms in total. The molecule has 2 heterocycles. The zero-order valence-corrected chi connectivity index (χ0v) is 16.1. The maximum atomic E-state index is 5.62. The van der Waals surface area contributed by atoms with E-state index in [1.165, 1.54) is 5.56 Å². The summed E-state index contributed by atoms with van der Waals surface area (Å²) >= 11 is 1.62. The smallest absolute Gasteiger partial charge is 0.226 e. The Bertz CT molecular complexity index is 1040. The van der Waals surface area contributed by atoms with Crippen LogP contribution in [0.25, 0.3) is 22.8 Å². The van der Waals surface area contributed by atoms with Crippen LogP contribution in [-0.2, 0) is 12.3 Å². The minimum atomic E-state index is 0.642. The van der Waals surface area contributed by atoms with Crippen molar-refractivity contribution >= 4 is 11.8 Å². The van der Waals surface area contributed by atoms with Crippen molar-refractivity contribution in [2.45, 2.75) is 31.3 Å². The molecule has 4 aromatic rings. The molecule has 0 bridgehead atoms. The van der Waals surface area contributed by atoms with Crippen molar-refractivity contribution < 1.29 is 4.42 Å². The zero-order chi connectivity index (χ0) is 18.6. The van der Waals surface area contributed by atoms with Gasteiger partial charge in [-0.1, -0.05) is 54.2 Å². The highest BCUT2D eigenvalue weighted by Gasteiger charge is 2.15. The third-order valence-corrected chi connectivity index (χ3v) is 5.34. The predicted octanol–water partition coefficient (Wildman–Crippen LogP) is 5.22. The van der Waals surface area contributed by atoms with Crippen molar-refractivity contribution in [1.29, 1.82) is 0 Å². The van der Waals surface area contributed by atoms with Crippen LogP contribution in [0.15, 0.2) is 70.4 Å². The number of thioether (sulfide) groups is 1. The summed E-state index contributed by atoms with van der Waals surface area (Å²) in [4.78, 5) is 4.59. The molecule has 0 saturated carbocycles. The third kappa shape index (κ3) is 3.66. The minimum Gasteiger partial charge on any atom is -0.444 e. The fourth-order valence-corrected chi connectivity index (χ4v) is 3.81. The van der Waals surface area contributed by atoms with E-state index in [9.17, 15) is 0 Å². The van der Waals surface area contributed by atoms with Crippen LogP contribution >= 0.6 is 11.8 Å². The Balaban J connectivity index is 1.53. The van der Waals surface area contributed by atoms with Crippen LogP contribution in [0, 0.1) is 6.92 Å². The first-order chi connectivity index (χ1) is 13.3. The molecule has 0 saturated heterocycles. The first-order valence-corrected chi connectivity index (χ1v) is 9.86. The van der Waals surface area contributed by atoms with Crippen LogP contribution in [0.1, 0.15) is 18.2 Å². The van der Waals surface area contributed by atoms with Crippen LogP contribution in [-0.4, -0.2) is 19.7 Å². The summed E-state index contributed by atoms with van der Waals surface area (Å²) in [6.45, 7) is 5.02. The van der Waals surface area contributed by atoms with E-state index in [4.69, 9.17) is 4.42 Å². The van der Waals surface area contributed by atoms with E-state index < -0.39 is 0 Å². The van der Waals surface area contributed by atoms with Gasteiger partial charge in [-0.2, -0.15) is 0 Å². The summed E-state index contributed by atoms with van der Waals surface area (Å²) in [6, 6.07) is 18.2. The van der Waals surface area contributed by atoms with E-state index in [1.54, 1.807) is 18.0 Å². The van der Waals surface area contributed by atoms with E-state index in [2.05, 4.69) is 45.7 Å². The number of rotatable bonds is 6. The van der Waals surface area contributed by atoms with Gasteiger partial charge in [0.1, 0.15) is 6.26 Å². The number of oxazole rings is 1. The van der Waals surface area contributed by atoms with Gasteiger partial charge in [-0.3, -0.25) is 0 Å². The fourth-order valence-electron chi connectivity index (χ4n) is 2.93. The van der Waals surface area contributed by atoms with Crippen LogP contribution in [0.5, 0.6) is 0 Å². The van der Waals surface area contributed by atoms with Gasteiger partial charge < -0.3 is 8.98 Å². The summed E-state index contributed by atoms with van der Waals surface area (Å²) in [5, 5.41) is 9.72. The lowest BCUT2D eigenvalue weighted by atomic mass is 10.1. The van der Waals surface area contributed by atoms with Crippen molar-refractivity contribution in [2.75, 3.05) is 0 Å². The van der Waals surface area contributed by atoms with Gasteiger partial charge in [0.05, 0.1) is 5.69 Å². The van der Waals surface area contributed by atoms with E-state index in [0.29, 0.717) is 11.6 Å². The van der Waals surface area contributed by atoms with Crippen molar-refractivity contribution in [3.63, 3.8) is 0 Å². The number of aryl methyl sites for hydroxylation is 1. The van der Waals surface area contributed by atoms with Gasteiger partial charge in [0.15, 0.2) is 11.0 Å². The van der Waals surface area contributed by atoms with Crippen molar-refractivity contribution in [1.82, 2.24) is 19.7 Å². The van der Waals surface area contributed by atoms with Crippen LogP contribution in [0.3, 0.4) is 0 Å². The molecule has 2 aromatic carbocycles. The molecule has 0 spiro atoms. The van der Waals surface area contributed by atoms with E-state index >= 15 is 0 Å². The lowest BCUT2D eigenvalue weighted by Crippen LogP contribution is -2.00. The summed E-state index contributed by atoms with van der Waals surface area (Å²) in [7, 11) is 0. The van der Waals surface area contributed by atoms with Crippen LogP contribution in [0.4, 0.5) is 0 Å². The molecule has 0 aliphatic carbocycles. The number of hydrogen-bond donors (Lipinski definition) is 0. The van der Waals surface area contributed by atoms with E-state index in [1.807, 2.05) is 42.5 Å². The van der Waals surface area contributed by atoms with Gasteiger partial charge in [0.25, 0.3) is 0 Å². The molecule has 136 valence electrons. The van der Waals surface area contributed by atoms with Crippen LogP contribution in [0.2, 0.25) is 0 Å². The molecule has 2 aromatic heterocycles. The second-order valence-corrected chi connectivity index (χ2v) is 7.11. The van der Waals surface area contributed by atoms with Gasteiger partial charge in [0.2, 0.25) is 5.89 Å². The molecule has 0 atom stereocenters. The summed E-state index contributed by atoms with van der Waals surface area (Å²) in [5.74, 6) is 2.23. The first-order valence-electron chi connectivity index (χ1n) is 8.88. The maximum absolute atomic E-state index is 5.62. The molecule has 0 amide bonds. The highest BCUT2D eigenvalue weighted by molar-refractivity contribution is 7.98. The van der Waals surface area contributed by atoms with E-state index in [-0.39, 0.29) is 0 Å². The van der Waals surface area contributed by atoms with Crippen LogP contribution < -0.4 is 0 Å². The molecule has 0 N–H and O–H groups in total. The lowest BCUT2D eigenvalue weighted by Gasteiger charge is -2.08. The molecule has 0 fully saturated rings. The quantitative estimate of drug-likeness (QED) is 0.432. The summed E-state index contributed by atoms with van der Waals surface area (Å²) in [5.41, 5.74) is 4.18. The Hall–Kier alpha value is -2.86. The molecule has 0 aliphatic rings. The normalized spacial score (nSPS) is 11.0. The SMILES string of the molecule is CCn1c(SCc2coc(-c3ccccc3)n2)nnc1-c1ccccc1C. The van der Waals surface area contributed by atoms with Gasteiger partial charge >= 0.3 is 0 Å². The highest BCUT2D eigenvalue weighted by Crippen LogP contribution is 2.28. The molecular weight excluding hydrogens is 356 g/mol. The Morgan fingerprint density at radius 1 is 1.00 bits per heavy atom. The molecule has 6 heteroatoms. The molecule has 0 radical (unpaired) electrons. The van der Waals surface area contributed by atoms with Crippen molar-refractivity contribution in [2.24, 2.45) is 0 Å². The van der Waals surface area contributed by atoms with Gasteiger partial charge in [-0.15, -0.1) is 10.2 Å². The largest absolute Gasteiger partial charge is 0.444 e. The highest BCUT2D eigenvalue weighted by atomic mass is 32.2. The summed E-state index contributed by atoms with van der Waals surface area (Å²) < 4.78 is 7.76. The standard InChI is InChI=1S/C21H20N4OS/c1-3-25-19(18-12-8-7-9-15(18)2)23-24-21(25)27-14-17-13-26-20(22-17)16-10-5-4-6-11-16/h4-13H,3,14H2,1-2H3. The third-order valence-electron chi connectivity index (χ3n) is 4.34. The monoisotopic (exact) mass is 376 g/mol. The number of nitrogens with zero attached hydrogens (tertiary/aromatic N) is 4. The summed E-state index contributed by atoms with van der Waals surface area (Å²) in [6.07, 6.45) is 1.71. The second kappa shape index (κ2) is 7.80. The molecular formula is C21H20N4OS. The number of hydrogen-bond acceptors (Lipinski definition) is 5. The number of benzene rings is 2. The van der Waals surface area contributed by atoms with Gasteiger partial charge in [-0.05, 0) is 31.5 Å². The molecule has 27 heavy (non-hydrogen) atoms. The Morgan fingerprint density at radius 2 is 1.78 bits per heavy atom. The Labute approximate surface area is 162 Å². The van der Waals surface area contributed by atoms with Crippen molar-refractivity contribution in [3.05, 3.63) is 72.1 Å². The first kappa shape index (κ1) is 17.5. The average Bonchev–Trinajstić information content (AvgIpc) is 3.34. The molecule has 0 unspecified atom stereocenters. The average molecular weight is 376 g/mol. The second-order valence-electron chi connectivity index (χ2n) is 6.16. The topological polar surface area (TPSA) is 56.7 Å². The predicted molar refractivity (Wildman–Crippen MR) is 107 cm³/mol. The minimum absolute atomic E-state index is 0.642. The molecule has 0 aliphatic heterocycles.